The van der Waals surface area contributed by atoms with Crippen LogP contribution in [0.25, 0.3) is 0 Å². The van der Waals surface area contributed by atoms with Gasteiger partial charge in [-0.15, -0.1) is 0 Å². The van der Waals surface area contributed by atoms with Gasteiger partial charge < -0.3 is 10.6 Å². The van der Waals surface area contributed by atoms with Gasteiger partial charge in [0.25, 0.3) is 5.91 Å². The van der Waals surface area contributed by atoms with E-state index in [4.69, 9.17) is 0 Å². The van der Waals surface area contributed by atoms with Crippen molar-refractivity contribution in [2.45, 2.75) is 20.3 Å². The number of carbonyl (C=O) groups is 1. The van der Waals surface area contributed by atoms with Crippen LogP contribution >= 0.6 is 0 Å². The quantitative estimate of drug-likeness (QED) is 0.876. The molecule has 5 heteroatoms. The SMILES string of the molecule is CCCNc1ccncc1C(=O)Nc1cncc(C)c1. The van der Waals surface area contributed by atoms with E-state index in [1.807, 2.05) is 13.0 Å². The van der Waals surface area contributed by atoms with Gasteiger partial charge in [0.05, 0.1) is 23.1 Å². The van der Waals surface area contributed by atoms with Crippen LogP contribution in [-0.2, 0) is 0 Å². The minimum Gasteiger partial charge on any atom is -0.384 e. The van der Waals surface area contributed by atoms with Crippen LogP contribution in [0.3, 0.4) is 0 Å². The predicted octanol–water partition coefficient (Wildman–Crippen LogP) is 2.86. The molecule has 0 unspecified atom stereocenters. The lowest BCUT2D eigenvalue weighted by molar-refractivity contribution is 0.102. The normalized spacial score (nSPS) is 10.1. The van der Waals surface area contributed by atoms with E-state index in [0.717, 1.165) is 24.2 Å². The molecule has 2 aromatic rings. The minimum atomic E-state index is -0.191. The van der Waals surface area contributed by atoms with Gasteiger partial charge in [0, 0.05) is 25.1 Å². The third-order valence-corrected chi connectivity index (χ3v) is 2.76. The Hall–Kier alpha value is -2.43. The summed E-state index contributed by atoms with van der Waals surface area (Å²) < 4.78 is 0. The van der Waals surface area contributed by atoms with Crippen LogP contribution in [-0.4, -0.2) is 22.4 Å². The number of anilines is 2. The average Bonchev–Trinajstić information content (AvgIpc) is 2.45. The largest absolute Gasteiger partial charge is 0.384 e. The summed E-state index contributed by atoms with van der Waals surface area (Å²) in [5, 5.41) is 6.06. The van der Waals surface area contributed by atoms with E-state index < -0.39 is 0 Å². The van der Waals surface area contributed by atoms with E-state index in [9.17, 15) is 4.79 Å². The Kier molecular flexibility index (Phi) is 4.65. The van der Waals surface area contributed by atoms with Crippen molar-refractivity contribution in [2.24, 2.45) is 0 Å². The van der Waals surface area contributed by atoms with Crippen LogP contribution in [0.2, 0.25) is 0 Å². The first kappa shape index (κ1) is 14.0. The van der Waals surface area contributed by atoms with Gasteiger partial charge in [0.1, 0.15) is 0 Å². The van der Waals surface area contributed by atoms with Crippen molar-refractivity contribution >= 4 is 17.3 Å². The number of nitrogens with zero attached hydrogens (tertiary/aromatic N) is 2. The molecule has 0 spiro atoms. The molecule has 2 rings (SSSR count). The fraction of sp³-hybridized carbons (Fsp3) is 0.267. The van der Waals surface area contributed by atoms with Crippen LogP contribution in [0.15, 0.2) is 36.9 Å². The van der Waals surface area contributed by atoms with Gasteiger partial charge in [-0.05, 0) is 31.0 Å². The van der Waals surface area contributed by atoms with Crippen molar-refractivity contribution in [3.63, 3.8) is 0 Å². The van der Waals surface area contributed by atoms with Crippen LogP contribution in [0.1, 0.15) is 29.3 Å². The Morgan fingerprint density at radius 3 is 2.85 bits per heavy atom. The molecule has 0 saturated carbocycles. The van der Waals surface area contributed by atoms with Crippen molar-refractivity contribution in [2.75, 3.05) is 17.2 Å². The summed E-state index contributed by atoms with van der Waals surface area (Å²) in [4.78, 5) is 20.4. The monoisotopic (exact) mass is 270 g/mol. The Balaban J connectivity index is 2.16. The molecular formula is C15H18N4O. The molecule has 5 nitrogen and oxygen atoms in total. The van der Waals surface area contributed by atoms with Crippen molar-refractivity contribution in [1.82, 2.24) is 9.97 Å². The molecule has 0 radical (unpaired) electrons. The Morgan fingerprint density at radius 1 is 1.25 bits per heavy atom. The lowest BCUT2D eigenvalue weighted by Crippen LogP contribution is -2.15. The molecule has 0 saturated heterocycles. The Bertz CT molecular complexity index is 598. The fourth-order valence-corrected chi connectivity index (χ4v) is 1.81. The second-order valence-electron chi connectivity index (χ2n) is 4.55. The molecule has 2 heterocycles. The number of hydrogen-bond acceptors (Lipinski definition) is 4. The van der Waals surface area contributed by atoms with Crippen molar-refractivity contribution < 1.29 is 4.79 Å². The second kappa shape index (κ2) is 6.65. The number of pyridine rings is 2. The summed E-state index contributed by atoms with van der Waals surface area (Å²) in [6.07, 6.45) is 7.60. The predicted molar refractivity (Wildman–Crippen MR) is 79.9 cm³/mol. The second-order valence-corrected chi connectivity index (χ2v) is 4.55. The number of hydrogen-bond donors (Lipinski definition) is 2. The van der Waals surface area contributed by atoms with E-state index in [-0.39, 0.29) is 5.91 Å². The summed E-state index contributed by atoms with van der Waals surface area (Å²) in [6, 6.07) is 3.68. The lowest BCUT2D eigenvalue weighted by Gasteiger charge is -2.11. The first-order valence-electron chi connectivity index (χ1n) is 6.61. The molecule has 0 aliphatic rings. The molecule has 0 aromatic carbocycles. The van der Waals surface area contributed by atoms with Crippen LogP contribution in [0.5, 0.6) is 0 Å². The third kappa shape index (κ3) is 3.54. The van der Waals surface area contributed by atoms with E-state index in [1.165, 1.54) is 0 Å². The molecule has 20 heavy (non-hydrogen) atoms. The Morgan fingerprint density at radius 2 is 2.10 bits per heavy atom. The summed E-state index contributed by atoms with van der Waals surface area (Å²) in [7, 11) is 0. The number of nitrogens with one attached hydrogen (secondary N) is 2. The van der Waals surface area contributed by atoms with Crippen LogP contribution in [0.4, 0.5) is 11.4 Å². The molecule has 0 fully saturated rings. The number of aromatic nitrogens is 2. The van der Waals surface area contributed by atoms with E-state index in [0.29, 0.717) is 11.3 Å². The first-order valence-corrected chi connectivity index (χ1v) is 6.61. The maximum absolute atomic E-state index is 12.3. The number of amides is 1. The van der Waals surface area contributed by atoms with Crippen molar-refractivity contribution in [1.29, 1.82) is 0 Å². The maximum atomic E-state index is 12.3. The first-order chi connectivity index (χ1) is 9.70. The number of carbonyl (C=O) groups excluding carboxylic acids is 1. The zero-order valence-electron chi connectivity index (χ0n) is 11.7. The van der Waals surface area contributed by atoms with Gasteiger partial charge in [0.2, 0.25) is 0 Å². The molecule has 0 aliphatic carbocycles. The lowest BCUT2D eigenvalue weighted by atomic mass is 10.2. The fourth-order valence-electron chi connectivity index (χ4n) is 1.81. The molecule has 2 N–H and O–H groups in total. The zero-order valence-corrected chi connectivity index (χ0v) is 11.7. The van der Waals surface area contributed by atoms with Gasteiger partial charge in [-0.3, -0.25) is 14.8 Å². The minimum absolute atomic E-state index is 0.191. The molecule has 1 amide bonds. The van der Waals surface area contributed by atoms with E-state index in [2.05, 4.69) is 27.5 Å². The summed E-state index contributed by atoms with van der Waals surface area (Å²) in [5.74, 6) is -0.191. The van der Waals surface area contributed by atoms with Gasteiger partial charge >= 0.3 is 0 Å². The highest BCUT2D eigenvalue weighted by Crippen LogP contribution is 2.16. The molecule has 0 bridgehead atoms. The molecule has 104 valence electrons. The summed E-state index contributed by atoms with van der Waals surface area (Å²) in [5.41, 5.74) is 3.00. The van der Waals surface area contributed by atoms with Gasteiger partial charge in [-0.1, -0.05) is 6.92 Å². The molecule has 0 aliphatic heterocycles. The summed E-state index contributed by atoms with van der Waals surface area (Å²) in [6.45, 7) is 4.82. The highest BCUT2D eigenvalue weighted by molar-refractivity contribution is 6.07. The maximum Gasteiger partial charge on any atom is 0.259 e. The average molecular weight is 270 g/mol. The Labute approximate surface area is 118 Å². The highest BCUT2D eigenvalue weighted by atomic mass is 16.1. The van der Waals surface area contributed by atoms with Crippen LogP contribution < -0.4 is 10.6 Å². The van der Waals surface area contributed by atoms with E-state index >= 15 is 0 Å². The topological polar surface area (TPSA) is 66.9 Å². The summed E-state index contributed by atoms with van der Waals surface area (Å²) >= 11 is 0. The molecule has 2 aromatic heterocycles. The van der Waals surface area contributed by atoms with Gasteiger partial charge in [0.15, 0.2) is 0 Å². The smallest absolute Gasteiger partial charge is 0.259 e. The zero-order chi connectivity index (χ0) is 14.4. The van der Waals surface area contributed by atoms with Gasteiger partial charge in [-0.2, -0.15) is 0 Å². The van der Waals surface area contributed by atoms with Crippen LogP contribution in [0, 0.1) is 6.92 Å². The van der Waals surface area contributed by atoms with Gasteiger partial charge in [-0.25, -0.2) is 0 Å². The van der Waals surface area contributed by atoms with Crippen molar-refractivity contribution in [3.8, 4) is 0 Å². The number of aryl methyl sites for hydroxylation is 1. The molecule has 0 atom stereocenters. The highest BCUT2D eigenvalue weighted by Gasteiger charge is 2.11. The van der Waals surface area contributed by atoms with E-state index in [1.54, 1.807) is 30.9 Å². The molecular weight excluding hydrogens is 252 g/mol. The third-order valence-electron chi connectivity index (χ3n) is 2.76. The van der Waals surface area contributed by atoms with Crippen molar-refractivity contribution in [3.05, 3.63) is 48.0 Å². The standard InChI is InChI=1S/C15H18N4O/c1-3-5-18-14-4-6-16-10-13(14)15(20)19-12-7-11(2)8-17-9-12/h4,6-10H,3,5H2,1-2H3,(H,16,18)(H,19,20). The number of rotatable bonds is 5.